The first-order valence-corrected chi connectivity index (χ1v) is 8.79. The molecule has 1 amide bonds. The van der Waals surface area contributed by atoms with Crippen molar-refractivity contribution in [3.05, 3.63) is 59.4 Å². The zero-order chi connectivity index (χ0) is 19.6. The average molecular weight is 366 g/mol. The first-order chi connectivity index (χ1) is 12.9. The van der Waals surface area contributed by atoms with Crippen LogP contribution in [-0.4, -0.2) is 31.7 Å². The monoisotopic (exact) mass is 366 g/mol. The molecule has 7 nitrogen and oxygen atoms in total. The van der Waals surface area contributed by atoms with E-state index in [0.29, 0.717) is 11.3 Å². The lowest BCUT2D eigenvalue weighted by Crippen LogP contribution is -2.30. The van der Waals surface area contributed by atoms with Crippen molar-refractivity contribution >= 4 is 22.9 Å². The van der Waals surface area contributed by atoms with Crippen LogP contribution in [0.15, 0.2) is 42.6 Å². The summed E-state index contributed by atoms with van der Waals surface area (Å²) in [4.78, 5) is 28.6. The number of carboxylic acids is 1. The van der Waals surface area contributed by atoms with Crippen molar-refractivity contribution < 1.29 is 14.7 Å². The van der Waals surface area contributed by atoms with E-state index in [2.05, 4.69) is 15.4 Å². The minimum absolute atomic E-state index is 0.159. The summed E-state index contributed by atoms with van der Waals surface area (Å²) in [6, 6.07) is 10.4. The van der Waals surface area contributed by atoms with E-state index in [1.165, 1.54) is 0 Å². The van der Waals surface area contributed by atoms with Crippen LogP contribution < -0.4 is 5.32 Å². The number of benzene rings is 1. The van der Waals surface area contributed by atoms with E-state index < -0.39 is 12.0 Å². The number of nitrogens with one attached hydrogen (secondary N) is 1. The van der Waals surface area contributed by atoms with E-state index >= 15 is 0 Å². The molecule has 0 fully saturated rings. The molecule has 0 aliphatic heterocycles. The lowest BCUT2D eigenvalue weighted by Gasteiger charge is -2.18. The Morgan fingerprint density at radius 1 is 1.22 bits per heavy atom. The number of carbonyl (C=O) groups is 2. The zero-order valence-corrected chi connectivity index (χ0v) is 15.5. The Labute approximate surface area is 157 Å². The van der Waals surface area contributed by atoms with E-state index in [1.807, 2.05) is 32.0 Å². The molecule has 140 valence electrons. The highest BCUT2D eigenvalue weighted by Crippen LogP contribution is 2.21. The predicted octanol–water partition coefficient (Wildman–Crippen LogP) is 3.27. The second-order valence-electron chi connectivity index (χ2n) is 6.75. The van der Waals surface area contributed by atoms with Gasteiger partial charge in [0.1, 0.15) is 0 Å². The van der Waals surface area contributed by atoms with Crippen LogP contribution in [0.1, 0.15) is 54.0 Å². The molecule has 1 aromatic carbocycles. The highest BCUT2D eigenvalue weighted by molar-refractivity contribution is 5.98. The summed E-state index contributed by atoms with van der Waals surface area (Å²) in [6.45, 7) is 5.79. The van der Waals surface area contributed by atoms with E-state index in [4.69, 9.17) is 0 Å². The number of rotatable bonds is 6. The number of aromatic nitrogens is 3. The van der Waals surface area contributed by atoms with Crippen LogP contribution in [0.3, 0.4) is 0 Å². The van der Waals surface area contributed by atoms with Crippen molar-refractivity contribution in [1.82, 2.24) is 20.1 Å². The summed E-state index contributed by atoms with van der Waals surface area (Å²) >= 11 is 0. The molecule has 0 spiro atoms. The molecule has 0 aliphatic carbocycles. The third kappa shape index (κ3) is 3.97. The summed E-state index contributed by atoms with van der Waals surface area (Å²) in [5.41, 5.74) is 2.46. The van der Waals surface area contributed by atoms with Gasteiger partial charge in [0, 0.05) is 11.4 Å². The lowest BCUT2D eigenvalue weighted by molar-refractivity contribution is -0.137. The maximum absolute atomic E-state index is 12.8. The third-order valence-corrected chi connectivity index (χ3v) is 4.38. The topological polar surface area (TPSA) is 97.1 Å². The van der Waals surface area contributed by atoms with E-state index in [1.54, 1.807) is 36.0 Å². The van der Waals surface area contributed by atoms with Gasteiger partial charge in [-0.3, -0.25) is 9.59 Å². The van der Waals surface area contributed by atoms with Gasteiger partial charge in [-0.2, -0.15) is 5.10 Å². The number of fused-ring (bicyclic) bond motifs is 1. The molecule has 3 aromatic rings. The quantitative estimate of drug-likeness (QED) is 0.698. The number of nitrogens with zero attached hydrogens (tertiary/aromatic N) is 3. The molecule has 2 aromatic heterocycles. The van der Waals surface area contributed by atoms with Crippen molar-refractivity contribution in [2.24, 2.45) is 0 Å². The second-order valence-corrected chi connectivity index (χ2v) is 6.75. The molecule has 0 bridgehead atoms. The lowest BCUT2D eigenvalue weighted by atomic mass is 10.0. The normalized spacial score (nSPS) is 12.3. The van der Waals surface area contributed by atoms with Gasteiger partial charge in [0.25, 0.3) is 5.91 Å². The van der Waals surface area contributed by atoms with Crippen molar-refractivity contribution in [2.75, 3.05) is 0 Å². The van der Waals surface area contributed by atoms with Crippen molar-refractivity contribution in [3.8, 4) is 0 Å². The van der Waals surface area contributed by atoms with Gasteiger partial charge in [0.2, 0.25) is 0 Å². The Balaban J connectivity index is 1.92. The second kappa shape index (κ2) is 7.57. The molecular formula is C20H22N4O3. The molecular weight excluding hydrogens is 344 g/mol. The number of aliphatic carboxylic acids is 1. The summed E-state index contributed by atoms with van der Waals surface area (Å²) < 4.78 is 1.81. The number of amides is 1. The molecule has 7 heteroatoms. The van der Waals surface area contributed by atoms with Crippen molar-refractivity contribution in [3.63, 3.8) is 0 Å². The fourth-order valence-electron chi connectivity index (χ4n) is 3.02. The molecule has 0 saturated carbocycles. The smallest absolute Gasteiger partial charge is 0.305 e. The van der Waals surface area contributed by atoms with Gasteiger partial charge in [0.15, 0.2) is 5.65 Å². The van der Waals surface area contributed by atoms with Crippen LogP contribution >= 0.6 is 0 Å². The first-order valence-electron chi connectivity index (χ1n) is 8.79. The molecule has 2 N–H and O–H groups in total. The van der Waals surface area contributed by atoms with Gasteiger partial charge in [-0.25, -0.2) is 9.67 Å². The Hall–Kier alpha value is -3.22. The maximum atomic E-state index is 12.8. The summed E-state index contributed by atoms with van der Waals surface area (Å²) in [6.07, 6.45) is 1.49. The minimum atomic E-state index is -0.979. The largest absolute Gasteiger partial charge is 0.481 e. The first kappa shape index (κ1) is 18.6. The molecule has 0 radical (unpaired) electrons. The van der Waals surface area contributed by atoms with Crippen LogP contribution in [0, 0.1) is 6.92 Å². The molecule has 2 heterocycles. The Bertz CT molecular complexity index is 980. The molecule has 1 atom stereocenters. The van der Waals surface area contributed by atoms with Crippen LogP contribution in [0.2, 0.25) is 0 Å². The SMILES string of the molecule is Cc1nc2c(cnn2C(C)C)cc1C(=O)NC(CC(=O)O)c1ccccc1. The van der Waals surface area contributed by atoms with Crippen LogP contribution in [0.4, 0.5) is 0 Å². The third-order valence-electron chi connectivity index (χ3n) is 4.38. The average Bonchev–Trinajstić information content (AvgIpc) is 3.03. The van der Waals surface area contributed by atoms with E-state index in [-0.39, 0.29) is 18.4 Å². The fraction of sp³-hybridized carbons (Fsp3) is 0.300. The number of carboxylic acid groups (broad SMARTS) is 1. The van der Waals surface area contributed by atoms with Gasteiger partial charge < -0.3 is 10.4 Å². The molecule has 1 unspecified atom stereocenters. The van der Waals surface area contributed by atoms with Gasteiger partial charge in [-0.1, -0.05) is 30.3 Å². The molecule has 0 saturated heterocycles. The summed E-state index contributed by atoms with van der Waals surface area (Å²) in [5.74, 6) is -1.33. The van der Waals surface area contributed by atoms with Crippen LogP contribution in [0.25, 0.3) is 11.0 Å². The highest BCUT2D eigenvalue weighted by atomic mass is 16.4. The van der Waals surface area contributed by atoms with Crippen LogP contribution in [-0.2, 0) is 4.79 Å². The van der Waals surface area contributed by atoms with Crippen molar-refractivity contribution in [2.45, 2.75) is 39.3 Å². The molecule has 0 aliphatic rings. The zero-order valence-electron chi connectivity index (χ0n) is 15.5. The standard InChI is InChI=1S/C20H22N4O3/c1-12(2)24-19-15(11-21-24)9-16(13(3)22-19)20(27)23-17(10-18(25)26)14-7-5-4-6-8-14/h4-9,11-12,17H,10H2,1-3H3,(H,23,27)(H,25,26). The number of pyridine rings is 1. The molecule has 3 rings (SSSR count). The Morgan fingerprint density at radius 3 is 2.56 bits per heavy atom. The van der Waals surface area contributed by atoms with E-state index in [9.17, 15) is 14.7 Å². The number of hydrogen-bond donors (Lipinski definition) is 2. The number of hydrogen-bond acceptors (Lipinski definition) is 4. The fourth-order valence-corrected chi connectivity index (χ4v) is 3.02. The number of aryl methyl sites for hydroxylation is 1. The predicted molar refractivity (Wildman–Crippen MR) is 102 cm³/mol. The summed E-state index contributed by atoms with van der Waals surface area (Å²) in [7, 11) is 0. The molecule has 27 heavy (non-hydrogen) atoms. The maximum Gasteiger partial charge on any atom is 0.305 e. The highest BCUT2D eigenvalue weighted by Gasteiger charge is 2.21. The number of carbonyl (C=O) groups excluding carboxylic acids is 1. The van der Waals surface area contributed by atoms with Gasteiger partial charge in [0.05, 0.1) is 29.9 Å². The Morgan fingerprint density at radius 2 is 1.93 bits per heavy atom. The Kier molecular flexibility index (Phi) is 5.21. The van der Waals surface area contributed by atoms with Gasteiger partial charge >= 0.3 is 5.97 Å². The van der Waals surface area contributed by atoms with Crippen LogP contribution in [0.5, 0.6) is 0 Å². The van der Waals surface area contributed by atoms with E-state index in [0.717, 1.165) is 16.6 Å². The van der Waals surface area contributed by atoms with Gasteiger partial charge in [-0.15, -0.1) is 0 Å². The van der Waals surface area contributed by atoms with Gasteiger partial charge in [-0.05, 0) is 32.4 Å². The van der Waals surface area contributed by atoms with Crippen molar-refractivity contribution in [1.29, 1.82) is 0 Å². The minimum Gasteiger partial charge on any atom is -0.481 e. The summed E-state index contributed by atoms with van der Waals surface area (Å²) in [5, 5.41) is 17.1.